The number of hydrogen-bond acceptors (Lipinski definition) is 3. The number of amides is 1. The van der Waals surface area contributed by atoms with Crippen molar-refractivity contribution in [1.29, 1.82) is 5.26 Å². The van der Waals surface area contributed by atoms with E-state index < -0.39 is 17.7 Å². The van der Waals surface area contributed by atoms with Gasteiger partial charge in [-0.3, -0.25) is 4.90 Å². The van der Waals surface area contributed by atoms with Gasteiger partial charge in [-0.05, 0) is 24.3 Å². The van der Waals surface area contributed by atoms with E-state index in [1.54, 1.807) is 0 Å². The first kappa shape index (κ1) is 13.7. The summed E-state index contributed by atoms with van der Waals surface area (Å²) in [4.78, 5) is 12.5. The summed E-state index contributed by atoms with van der Waals surface area (Å²) in [6, 6.07) is 13.1. The van der Waals surface area contributed by atoms with Gasteiger partial charge in [0.15, 0.2) is 5.60 Å². The quantitative estimate of drug-likeness (QED) is 0.811. The number of nitriles is 1. The molecule has 2 aliphatic heterocycles. The highest BCUT2D eigenvalue weighted by molar-refractivity contribution is 5.66. The molecule has 4 rings (SSSR count). The molecule has 1 aromatic heterocycles. The number of benzene rings is 1. The summed E-state index contributed by atoms with van der Waals surface area (Å²) < 4.78 is 8.39. The summed E-state index contributed by atoms with van der Waals surface area (Å²) in [6.45, 7) is 0.279. The maximum absolute atomic E-state index is 11.3. The maximum atomic E-state index is 11.3. The number of para-hydroxylation sites is 2. The second kappa shape index (κ2) is 4.78. The molecule has 0 saturated carbocycles. The summed E-state index contributed by atoms with van der Waals surface area (Å²) in [6.07, 6.45) is 1.77. The highest BCUT2D eigenvalue weighted by Crippen LogP contribution is 2.46. The molecule has 23 heavy (non-hydrogen) atoms. The smallest absolute Gasteiger partial charge is 0.408 e. The second-order valence-electron chi connectivity index (χ2n) is 5.90. The molecule has 6 heteroatoms. The van der Waals surface area contributed by atoms with Crippen LogP contribution in [-0.4, -0.2) is 33.3 Å². The lowest BCUT2D eigenvalue weighted by Gasteiger charge is -2.46. The molecule has 1 spiro atoms. The number of aromatic nitrogens is 1. The zero-order chi connectivity index (χ0) is 16.0. The van der Waals surface area contributed by atoms with Crippen LogP contribution in [0.2, 0.25) is 0 Å². The van der Waals surface area contributed by atoms with E-state index in [2.05, 4.69) is 10.6 Å². The van der Waals surface area contributed by atoms with Crippen LogP contribution in [0.5, 0.6) is 5.75 Å². The van der Waals surface area contributed by atoms with Gasteiger partial charge >= 0.3 is 6.09 Å². The summed E-state index contributed by atoms with van der Waals surface area (Å²) in [7, 11) is 0. The Morgan fingerprint density at radius 2 is 2.17 bits per heavy atom. The van der Waals surface area contributed by atoms with Crippen molar-refractivity contribution in [2.24, 2.45) is 0 Å². The number of likely N-dealkylation sites (tertiary alicyclic amines) is 1. The summed E-state index contributed by atoms with van der Waals surface area (Å²) in [5.74, 6) is 0.761. The zero-order valence-electron chi connectivity index (χ0n) is 12.3. The average Bonchev–Trinajstić information content (AvgIpc) is 3.05. The lowest BCUT2D eigenvalue weighted by molar-refractivity contribution is -0.0223. The lowest BCUT2D eigenvalue weighted by Crippen LogP contribution is -2.54. The van der Waals surface area contributed by atoms with Gasteiger partial charge in [0.1, 0.15) is 11.8 Å². The van der Waals surface area contributed by atoms with Crippen LogP contribution in [0, 0.1) is 11.3 Å². The van der Waals surface area contributed by atoms with E-state index >= 15 is 0 Å². The maximum Gasteiger partial charge on any atom is 0.408 e. The van der Waals surface area contributed by atoms with Gasteiger partial charge in [0.25, 0.3) is 0 Å². The number of carboxylic acid groups (broad SMARTS) is 1. The number of hydrogen-bond donors (Lipinski definition) is 1. The van der Waals surface area contributed by atoms with Crippen LogP contribution in [0.3, 0.4) is 0 Å². The largest absolute Gasteiger partial charge is 0.479 e. The molecule has 1 fully saturated rings. The summed E-state index contributed by atoms with van der Waals surface area (Å²) in [5, 5.41) is 18.7. The molecule has 0 radical (unpaired) electrons. The molecule has 1 amide bonds. The number of rotatable bonds is 0. The van der Waals surface area contributed by atoms with Crippen molar-refractivity contribution in [3.8, 4) is 17.5 Å². The number of nitrogens with zero attached hydrogens (tertiary/aromatic N) is 3. The SMILES string of the molecule is N#CC1C[C@@]2(CCN1C(=O)O)Oc1ccccc1-n1cccc12. The fourth-order valence-corrected chi connectivity index (χ4v) is 3.62. The Morgan fingerprint density at radius 3 is 2.96 bits per heavy atom. The Balaban J connectivity index is 1.79. The first-order valence-corrected chi connectivity index (χ1v) is 7.50. The van der Waals surface area contributed by atoms with Gasteiger partial charge in [-0.1, -0.05) is 12.1 Å². The van der Waals surface area contributed by atoms with Gasteiger partial charge in [0.05, 0.1) is 17.5 Å². The molecular formula is C17H15N3O3. The molecule has 3 heterocycles. The summed E-state index contributed by atoms with van der Waals surface area (Å²) in [5.41, 5.74) is 1.28. The third kappa shape index (κ3) is 1.90. The molecule has 2 atom stereocenters. The Labute approximate surface area is 133 Å². The Morgan fingerprint density at radius 1 is 1.35 bits per heavy atom. The standard InChI is InChI=1S/C17H15N3O3/c18-11-12-10-17(7-9-19(12)16(21)22)15-6-3-8-20(15)13-4-1-2-5-14(13)23-17/h1-6,8,12H,7,9-10H2,(H,21,22)/t12?,17-/m1/s1. The van der Waals surface area contributed by atoms with E-state index in [9.17, 15) is 15.2 Å². The van der Waals surface area contributed by atoms with Crippen molar-refractivity contribution >= 4 is 6.09 Å². The van der Waals surface area contributed by atoms with Gasteiger partial charge in [0.2, 0.25) is 0 Å². The number of fused-ring (bicyclic) bond motifs is 4. The molecule has 1 unspecified atom stereocenters. The second-order valence-corrected chi connectivity index (χ2v) is 5.90. The highest BCUT2D eigenvalue weighted by Gasteiger charge is 2.48. The molecule has 2 aromatic rings. The number of carbonyl (C=O) groups is 1. The van der Waals surface area contributed by atoms with E-state index in [0.717, 1.165) is 17.1 Å². The Hall–Kier alpha value is -2.94. The normalized spacial score (nSPS) is 25.2. The average molecular weight is 309 g/mol. The van der Waals surface area contributed by atoms with E-state index in [0.29, 0.717) is 12.8 Å². The predicted octanol–water partition coefficient (Wildman–Crippen LogP) is 2.73. The van der Waals surface area contributed by atoms with Crippen molar-refractivity contribution in [3.63, 3.8) is 0 Å². The number of piperidine rings is 1. The van der Waals surface area contributed by atoms with E-state index in [-0.39, 0.29) is 6.54 Å². The molecule has 116 valence electrons. The Bertz CT molecular complexity index is 822. The van der Waals surface area contributed by atoms with Crippen molar-refractivity contribution in [2.45, 2.75) is 24.5 Å². The molecule has 1 aromatic carbocycles. The van der Waals surface area contributed by atoms with Crippen molar-refractivity contribution < 1.29 is 14.6 Å². The van der Waals surface area contributed by atoms with Gasteiger partial charge < -0.3 is 14.4 Å². The lowest BCUT2D eigenvalue weighted by atomic mass is 9.83. The van der Waals surface area contributed by atoms with Crippen LogP contribution in [0.15, 0.2) is 42.6 Å². The molecule has 6 nitrogen and oxygen atoms in total. The zero-order valence-corrected chi connectivity index (χ0v) is 12.3. The minimum absolute atomic E-state index is 0.279. The molecule has 1 N–H and O–H groups in total. The highest BCUT2D eigenvalue weighted by atomic mass is 16.5. The minimum Gasteiger partial charge on any atom is -0.479 e. The van der Waals surface area contributed by atoms with Crippen molar-refractivity contribution in [1.82, 2.24) is 9.47 Å². The van der Waals surface area contributed by atoms with Crippen LogP contribution in [-0.2, 0) is 5.60 Å². The topological polar surface area (TPSA) is 78.5 Å². The van der Waals surface area contributed by atoms with Crippen LogP contribution < -0.4 is 4.74 Å². The minimum atomic E-state index is -1.06. The van der Waals surface area contributed by atoms with Gasteiger partial charge in [-0.25, -0.2) is 4.79 Å². The monoisotopic (exact) mass is 309 g/mol. The van der Waals surface area contributed by atoms with E-state index in [1.807, 2.05) is 42.6 Å². The molecular weight excluding hydrogens is 294 g/mol. The fourth-order valence-electron chi connectivity index (χ4n) is 3.62. The molecule has 0 aliphatic carbocycles. The molecule has 2 aliphatic rings. The van der Waals surface area contributed by atoms with Gasteiger partial charge in [-0.2, -0.15) is 5.26 Å². The van der Waals surface area contributed by atoms with E-state index in [4.69, 9.17) is 4.74 Å². The number of ether oxygens (including phenoxy) is 1. The van der Waals surface area contributed by atoms with Crippen LogP contribution in [0.4, 0.5) is 4.79 Å². The van der Waals surface area contributed by atoms with Crippen LogP contribution in [0.1, 0.15) is 18.5 Å². The van der Waals surface area contributed by atoms with Crippen molar-refractivity contribution in [2.75, 3.05) is 6.54 Å². The third-order valence-corrected chi connectivity index (χ3v) is 4.70. The molecule has 1 saturated heterocycles. The first-order chi connectivity index (χ1) is 11.1. The van der Waals surface area contributed by atoms with Crippen LogP contribution in [0.25, 0.3) is 5.69 Å². The van der Waals surface area contributed by atoms with E-state index in [1.165, 1.54) is 4.90 Å². The van der Waals surface area contributed by atoms with Crippen LogP contribution >= 0.6 is 0 Å². The molecule has 0 bridgehead atoms. The van der Waals surface area contributed by atoms with Gasteiger partial charge in [-0.15, -0.1) is 0 Å². The van der Waals surface area contributed by atoms with Crippen molar-refractivity contribution in [3.05, 3.63) is 48.3 Å². The summed E-state index contributed by atoms with van der Waals surface area (Å²) >= 11 is 0. The third-order valence-electron chi connectivity index (χ3n) is 4.70. The first-order valence-electron chi connectivity index (χ1n) is 7.50. The predicted molar refractivity (Wildman–Crippen MR) is 81.4 cm³/mol. The fraction of sp³-hybridized carbons (Fsp3) is 0.294. The van der Waals surface area contributed by atoms with Gasteiger partial charge in [0, 0.05) is 25.6 Å². The Kier molecular flexibility index (Phi) is 2.85.